The van der Waals surface area contributed by atoms with Crippen LogP contribution in [0.1, 0.15) is 0 Å². The molecule has 0 aliphatic carbocycles. The van der Waals surface area contributed by atoms with E-state index >= 15 is 0 Å². The first-order valence-electron chi connectivity index (χ1n) is 3.52. The quantitative estimate of drug-likeness (QED) is 0.509. The summed E-state index contributed by atoms with van der Waals surface area (Å²) in [7, 11) is 4.19. The van der Waals surface area contributed by atoms with E-state index in [1.807, 2.05) is 0 Å². The molecule has 1 aliphatic heterocycles. The number of hydrogen-bond acceptors (Lipinski definition) is 4. The fourth-order valence-electron chi connectivity index (χ4n) is 1.34. The number of nitrogens with zero attached hydrogens (tertiary/aromatic N) is 3. The van der Waals surface area contributed by atoms with E-state index in [9.17, 15) is 0 Å². The van der Waals surface area contributed by atoms with Gasteiger partial charge in [0.25, 0.3) is 0 Å². The van der Waals surface area contributed by atoms with Crippen molar-refractivity contribution in [2.45, 2.75) is 0 Å². The summed E-state index contributed by atoms with van der Waals surface area (Å²) < 4.78 is 0. The molecule has 1 heterocycles. The number of hydrogen-bond donors (Lipinski definition) is 1. The molecule has 0 amide bonds. The molecule has 4 nitrogen and oxygen atoms in total. The molecule has 0 bridgehead atoms. The average Bonchev–Trinajstić information content (AvgIpc) is 1.85. The highest BCUT2D eigenvalue weighted by atomic mass is 15.5. The Bertz CT molecular complexity index is 95.9. The molecule has 10 heavy (non-hydrogen) atoms. The van der Waals surface area contributed by atoms with Crippen molar-refractivity contribution in [3.63, 3.8) is 0 Å². The predicted octanol–water partition coefficient (Wildman–Crippen LogP) is -1.05. The molecule has 0 unspecified atom stereocenters. The van der Waals surface area contributed by atoms with E-state index in [0.29, 0.717) is 6.67 Å². The smallest absolute Gasteiger partial charge is 0.0539 e. The number of nitrogens with two attached hydrogens (primary N) is 1. The van der Waals surface area contributed by atoms with Gasteiger partial charge < -0.3 is 5.73 Å². The summed E-state index contributed by atoms with van der Waals surface area (Å²) in [6, 6.07) is 0. The van der Waals surface area contributed by atoms with Gasteiger partial charge >= 0.3 is 0 Å². The lowest BCUT2D eigenvalue weighted by Crippen LogP contribution is -2.53. The Morgan fingerprint density at radius 3 is 2.00 bits per heavy atom. The highest BCUT2D eigenvalue weighted by Crippen LogP contribution is 1.99. The second-order valence-electron chi connectivity index (χ2n) is 2.99. The van der Waals surface area contributed by atoms with Crippen molar-refractivity contribution in [2.24, 2.45) is 5.73 Å². The average molecular weight is 144 g/mol. The molecule has 1 rings (SSSR count). The van der Waals surface area contributed by atoms with Crippen molar-refractivity contribution < 1.29 is 0 Å². The maximum atomic E-state index is 5.50. The Morgan fingerprint density at radius 2 is 1.60 bits per heavy atom. The zero-order valence-corrected chi connectivity index (χ0v) is 6.75. The Hall–Kier alpha value is -0.160. The molecule has 0 saturated carbocycles. The molecule has 0 aromatic heterocycles. The minimum atomic E-state index is 0.648. The van der Waals surface area contributed by atoms with Crippen LogP contribution in [0.5, 0.6) is 0 Å². The highest BCUT2D eigenvalue weighted by molar-refractivity contribution is 4.61. The van der Waals surface area contributed by atoms with Crippen LogP contribution in [0.2, 0.25) is 0 Å². The molecule has 1 fully saturated rings. The molecule has 60 valence electrons. The minimum Gasteiger partial charge on any atom is -0.318 e. The Balaban J connectivity index is 2.35. The zero-order valence-electron chi connectivity index (χ0n) is 6.75. The van der Waals surface area contributed by atoms with Crippen LogP contribution in [-0.4, -0.2) is 55.5 Å². The first-order valence-corrected chi connectivity index (χ1v) is 3.52. The van der Waals surface area contributed by atoms with Crippen LogP contribution in [0.4, 0.5) is 0 Å². The Labute approximate surface area is 62.2 Å². The van der Waals surface area contributed by atoms with Crippen LogP contribution < -0.4 is 5.73 Å². The van der Waals surface area contributed by atoms with Crippen LogP contribution in [0, 0.1) is 0 Å². The molecule has 0 radical (unpaired) electrons. The summed E-state index contributed by atoms with van der Waals surface area (Å²) in [5.74, 6) is 0. The van der Waals surface area contributed by atoms with Gasteiger partial charge in [-0.2, -0.15) is 0 Å². The normalized spacial score (nSPS) is 25.5. The Morgan fingerprint density at radius 1 is 1.10 bits per heavy atom. The fourth-order valence-corrected chi connectivity index (χ4v) is 1.34. The summed E-state index contributed by atoms with van der Waals surface area (Å²) in [6.07, 6.45) is 0. The zero-order chi connectivity index (χ0) is 7.56. The topological polar surface area (TPSA) is 35.7 Å². The summed E-state index contributed by atoms with van der Waals surface area (Å²) >= 11 is 0. The third-order valence-electron chi connectivity index (χ3n) is 1.62. The van der Waals surface area contributed by atoms with Gasteiger partial charge in [-0.3, -0.25) is 14.7 Å². The highest BCUT2D eigenvalue weighted by Gasteiger charge is 2.15. The fraction of sp³-hybridized carbons (Fsp3) is 1.00. The van der Waals surface area contributed by atoms with E-state index in [4.69, 9.17) is 5.73 Å². The van der Waals surface area contributed by atoms with E-state index in [1.165, 1.54) is 0 Å². The lowest BCUT2D eigenvalue weighted by atomic mass is 10.5. The molecule has 1 aliphatic rings. The van der Waals surface area contributed by atoms with E-state index in [-0.39, 0.29) is 0 Å². The van der Waals surface area contributed by atoms with Crippen molar-refractivity contribution in [1.82, 2.24) is 14.7 Å². The van der Waals surface area contributed by atoms with Crippen molar-refractivity contribution in [3.8, 4) is 0 Å². The molecule has 0 aromatic carbocycles. The van der Waals surface area contributed by atoms with Crippen LogP contribution in [0.25, 0.3) is 0 Å². The second-order valence-corrected chi connectivity index (χ2v) is 2.99. The van der Waals surface area contributed by atoms with E-state index < -0.39 is 0 Å². The largest absolute Gasteiger partial charge is 0.318 e. The summed E-state index contributed by atoms with van der Waals surface area (Å²) in [5.41, 5.74) is 5.50. The van der Waals surface area contributed by atoms with Crippen molar-refractivity contribution in [3.05, 3.63) is 0 Å². The van der Waals surface area contributed by atoms with Gasteiger partial charge in [0.15, 0.2) is 0 Å². The predicted molar refractivity (Wildman–Crippen MR) is 41.0 cm³/mol. The van der Waals surface area contributed by atoms with Crippen LogP contribution >= 0.6 is 0 Å². The second kappa shape index (κ2) is 3.30. The van der Waals surface area contributed by atoms with Gasteiger partial charge in [-0.25, -0.2) is 0 Å². The van der Waals surface area contributed by atoms with Gasteiger partial charge in [-0.15, -0.1) is 0 Å². The van der Waals surface area contributed by atoms with Crippen LogP contribution in [0.3, 0.4) is 0 Å². The molecular formula is C6H16N4. The maximum absolute atomic E-state index is 5.50. The molecule has 0 spiro atoms. The number of rotatable bonds is 1. The molecule has 0 atom stereocenters. The van der Waals surface area contributed by atoms with Crippen molar-refractivity contribution in [2.75, 3.05) is 40.8 Å². The lowest BCUT2D eigenvalue weighted by Gasteiger charge is -2.38. The molecule has 1 saturated heterocycles. The van der Waals surface area contributed by atoms with Crippen molar-refractivity contribution in [1.29, 1.82) is 0 Å². The molecular weight excluding hydrogens is 128 g/mol. The summed E-state index contributed by atoms with van der Waals surface area (Å²) in [6.45, 7) is 3.66. The maximum Gasteiger partial charge on any atom is 0.0539 e. The van der Waals surface area contributed by atoms with Gasteiger partial charge in [-0.05, 0) is 14.1 Å². The third-order valence-corrected chi connectivity index (χ3v) is 1.62. The molecule has 4 heteroatoms. The van der Waals surface area contributed by atoms with Gasteiger partial charge in [0.1, 0.15) is 0 Å². The van der Waals surface area contributed by atoms with E-state index in [1.54, 1.807) is 0 Å². The SMILES string of the molecule is CN1CN(C)CN(CN)C1. The van der Waals surface area contributed by atoms with Gasteiger partial charge in [-0.1, -0.05) is 0 Å². The molecule has 0 aromatic rings. The van der Waals surface area contributed by atoms with Crippen molar-refractivity contribution >= 4 is 0 Å². The first-order chi connectivity index (χ1) is 4.72. The molecule has 2 N–H and O–H groups in total. The van der Waals surface area contributed by atoms with Gasteiger partial charge in [0.05, 0.1) is 20.0 Å². The van der Waals surface area contributed by atoms with E-state index in [0.717, 1.165) is 20.0 Å². The minimum absolute atomic E-state index is 0.648. The summed E-state index contributed by atoms with van der Waals surface area (Å²) in [4.78, 5) is 6.65. The van der Waals surface area contributed by atoms with E-state index in [2.05, 4.69) is 28.8 Å². The first kappa shape index (κ1) is 7.94. The monoisotopic (exact) mass is 144 g/mol. The van der Waals surface area contributed by atoms with Gasteiger partial charge in [0, 0.05) is 6.67 Å². The Kier molecular flexibility index (Phi) is 2.62. The lowest BCUT2D eigenvalue weighted by molar-refractivity contribution is 0.000405. The summed E-state index contributed by atoms with van der Waals surface area (Å²) in [5, 5.41) is 0. The third kappa shape index (κ3) is 1.91. The standard InChI is InChI=1S/C6H16N4/c1-8-4-9(2)6-10(3-7)5-8/h3-7H2,1-2H3. The van der Waals surface area contributed by atoms with Gasteiger partial charge in [0.2, 0.25) is 0 Å². The van der Waals surface area contributed by atoms with Crippen LogP contribution in [-0.2, 0) is 0 Å². The van der Waals surface area contributed by atoms with Crippen LogP contribution in [0.15, 0.2) is 0 Å².